The van der Waals surface area contributed by atoms with Crippen molar-refractivity contribution in [3.8, 4) is 6.07 Å². The predicted molar refractivity (Wildman–Crippen MR) is 55.1 cm³/mol. The number of benzene rings is 1. The molecule has 0 saturated carbocycles. The van der Waals surface area contributed by atoms with Crippen molar-refractivity contribution < 1.29 is 9.53 Å². The standard InChI is InChI=1S/C10H8BrNO2/c1-14-10(13)8-4-2-3-7(5-8)9(11)6-12/h2-5,9H,1H3. The summed E-state index contributed by atoms with van der Waals surface area (Å²) in [7, 11) is 1.32. The van der Waals surface area contributed by atoms with E-state index < -0.39 is 10.8 Å². The van der Waals surface area contributed by atoms with Crippen LogP contribution in [0, 0.1) is 11.3 Å². The third-order valence-corrected chi connectivity index (χ3v) is 2.45. The van der Waals surface area contributed by atoms with Gasteiger partial charge in [-0.3, -0.25) is 0 Å². The van der Waals surface area contributed by atoms with Crippen molar-refractivity contribution in [3.05, 3.63) is 35.4 Å². The molecule has 3 nitrogen and oxygen atoms in total. The molecule has 0 radical (unpaired) electrons. The van der Waals surface area contributed by atoms with Gasteiger partial charge in [0.15, 0.2) is 0 Å². The highest BCUT2D eigenvalue weighted by Gasteiger charge is 2.09. The van der Waals surface area contributed by atoms with Crippen LogP contribution in [-0.4, -0.2) is 13.1 Å². The molecule has 0 aliphatic rings. The number of esters is 1. The van der Waals surface area contributed by atoms with Crippen molar-refractivity contribution >= 4 is 21.9 Å². The maximum atomic E-state index is 11.2. The third-order valence-electron chi connectivity index (χ3n) is 1.71. The Labute approximate surface area is 90.4 Å². The molecule has 0 bridgehead atoms. The molecule has 0 amide bonds. The molecule has 0 saturated heterocycles. The first kappa shape index (κ1) is 10.7. The van der Waals surface area contributed by atoms with Gasteiger partial charge in [0.1, 0.15) is 4.83 Å². The second-order valence-electron chi connectivity index (χ2n) is 2.61. The fourth-order valence-corrected chi connectivity index (χ4v) is 1.30. The van der Waals surface area contributed by atoms with Crippen molar-refractivity contribution in [1.29, 1.82) is 5.26 Å². The van der Waals surface area contributed by atoms with Crippen LogP contribution in [0.15, 0.2) is 24.3 Å². The van der Waals surface area contributed by atoms with Crippen molar-refractivity contribution in [2.45, 2.75) is 4.83 Å². The first-order valence-corrected chi connectivity index (χ1v) is 4.82. The molecule has 0 heterocycles. The number of ether oxygens (including phenoxy) is 1. The van der Waals surface area contributed by atoms with Crippen LogP contribution in [0.25, 0.3) is 0 Å². The zero-order valence-corrected chi connectivity index (χ0v) is 9.11. The third kappa shape index (κ3) is 2.33. The molecule has 1 aromatic rings. The highest BCUT2D eigenvalue weighted by atomic mass is 79.9. The van der Waals surface area contributed by atoms with Crippen LogP contribution < -0.4 is 0 Å². The van der Waals surface area contributed by atoms with E-state index in [1.807, 2.05) is 6.07 Å². The molecule has 0 N–H and O–H groups in total. The Balaban J connectivity index is 3.02. The Hall–Kier alpha value is -1.34. The van der Waals surface area contributed by atoms with Crippen LogP contribution in [0.3, 0.4) is 0 Å². The van der Waals surface area contributed by atoms with Gasteiger partial charge in [0.05, 0.1) is 18.7 Å². The normalized spacial score (nSPS) is 11.5. The molecule has 0 aromatic heterocycles. The summed E-state index contributed by atoms with van der Waals surface area (Å²) in [5, 5.41) is 8.66. The van der Waals surface area contributed by atoms with Crippen LogP contribution in [0.2, 0.25) is 0 Å². The van der Waals surface area contributed by atoms with Gasteiger partial charge in [-0.05, 0) is 17.7 Å². The number of methoxy groups -OCH3 is 1. The van der Waals surface area contributed by atoms with Gasteiger partial charge >= 0.3 is 5.97 Å². The summed E-state index contributed by atoms with van der Waals surface area (Å²) in [6, 6.07) is 8.80. The lowest BCUT2D eigenvalue weighted by atomic mass is 10.1. The molecule has 4 heteroatoms. The molecule has 1 rings (SSSR count). The van der Waals surface area contributed by atoms with E-state index in [9.17, 15) is 4.79 Å². The van der Waals surface area contributed by atoms with Gasteiger partial charge in [0, 0.05) is 0 Å². The largest absolute Gasteiger partial charge is 0.465 e. The van der Waals surface area contributed by atoms with E-state index in [-0.39, 0.29) is 0 Å². The quantitative estimate of drug-likeness (QED) is 0.601. The van der Waals surface area contributed by atoms with E-state index in [4.69, 9.17) is 5.26 Å². The SMILES string of the molecule is COC(=O)c1cccc(C(Br)C#N)c1. The Bertz CT molecular complexity index is 384. The van der Waals surface area contributed by atoms with Crippen molar-refractivity contribution in [2.75, 3.05) is 7.11 Å². The van der Waals surface area contributed by atoms with Crippen LogP contribution in [0.1, 0.15) is 20.7 Å². The highest BCUT2D eigenvalue weighted by molar-refractivity contribution is 9.09. The average Bonchev–Trinajstić information content (AvgIpc) is 2.27. The number of halogens is 1. The molecule has 1 aromatic carbocycles. The van der Waals surface area contributed by atoms with Crippen LogP contribution in [0.4, 0.5) is 0 Å². The Morgan fingerprint density at radius 2 is 2.36 bits per heavy atom. The molecule has 0 aliphatic carbocycles. The number of nitriles is 1. The summed E-state index contributed by atoms with van der Waals surface area (Å²) in [6.07, 6.45) is 0. The van der Waals surface area contributed by atoms with E-state index in [1.54, 1.807) is 24.3 Å². The highest BCUT2D eigenvalue weighted by Crippen LogP contribution is 2.22. The van der Waals surface area contributed by atoms with Gasteiger partial charge in [-0.2, -0.15) is 5.26 Å². The first-order chi connectivity index (χ1) is 6.69. The number of alkyl halides is 1. The summed E-state index contributed by atoms with van der Waals surface area (Å²) in [6.45, 7) is 0. The smallest absolute Gasteiger partial charge is 0.337 e. The van der Waals surface area contributed by atoms with Gasteiger partial charge in [-0.15, -0.1) is 0 Å². The van der Waals surface area contributed by atoms with Gasteiger partial charge < -0.3 is 4.74 Å². The molecule has 0 spiro atoms. The van der Waals surface area contributed by atoms with Gasteiger partial charge in [-0.1, -0.05) is 28.1 Å². The van der Waals surface area contributed by atoms with E-state index in [0.717, 1.165) is 5.56 Å². The maximum absolute atomic E-state index is 11.2. The lowest BCUT2D eigenvalue weighted by Crippen LogP contribution is -2.01. The lowest BCUT2D eigenvalue weighted by Gasteiger charge is -2.03. The molecule has 1 atom stereocenters. The number of carbonyl (C=O) groups excluding carboxylic acids is 1. The zero-order valence-electron chi connectivity index (χ0n) is 7.53. The Morgan fingerprint density at radius 1 is 1.64 bits per heavy atom. The van der Waals surface area contributed by atoms with Gasteiger partial charge in [-0.25, -0.2) is 4.79 Å². The van der Waals surface area contributed by atoms with Crippen LogP contribution >= 0.6 is 15.9 Å². The van der Waals surface area contributed by atoms with Crippen LogP contribution in [-0.2, 0) is 4.74 Å². The van der Waals surface area contributed by atoms with Crippen molar-refractivity contribution in [3.63, 3.8) is 0 Å². The van der Waals surface area contributed by atoms with E-state index in [1.165, 1.54) is 7.11 Å². The predicted octanol–water partition coefficient (Wildman–Crippen LogP) is 2.43. The number of hydrogen-bond acceptors (Lipinski definition) is 3. The summed E-state index contributed by atoms with van der Waals surface area (Å²) >= 11 is 3.18. The minimum Gasteiger partial charge on any atom is -0.465 e. The molecular weight excluding hydrogens is 246 g/mol. The zero-order chi connectivity index (χ0) is 10.6. The summed E-state index contributed by atoms with van der Waals surface area (Å²) in [4.78, 5) is 10.8. The lowest BCUT2D eigenvalue weighted by molar-refractivity contribution is 0.0600. The number of carbonyl (C=O) groups is 1. The van der Waals surface area contributed by atoms with Gasteiger partial charge in [0.2, 0.25) is 0 Å². The molecule has 14 heavy (non-hydrogen) atoms. The molecule has 0 aliphatic heterocycles. The van der Waals surface area contributed by atoms with Crippen molar-refractivity contribution in [2.24, 2.45) is 0 Å². The summed E-state index contributed by atoms with van der Waals surface area (Å²) in [5.74, 6) is -0.399. The topological polar surface area (TPSA) is 50.1 Å². The summed E-state index contributed by atoms with van der Waals surface area (Å²) < 4.78 is 4.57. The first-order valence-electron chi connectivity index (χ1n) is 3.91. The second kappa shape index (κ2) is 4.77. The second-order valence-corrected chi connectivity index (χ2v) is 3.52. The average molecular weight is 254 g/mol. The minimum absolute atomic E-state index is 0.396. The number of hydrogen-bond donors (Lipinski definition) is 0. The monoisotopic (exact) mass is 253 g/mol. The van der Waals surface area contributed by atoms with Gasteiger partial charge in [0.25, 0.3) is 0 Å². The molecule has 1 unspecified atom stereocenters. The Kier molecular flexibility index (Phi) is 3.66. The summed E-state index contributed by atoms with van der Waals surface area (Å²) in [5.41, 5.74) is 1.19. The van der Waals surface area contributed by atoms with Crippen molar-refractivity contribution in [1.82, 2.24) is 0 Å². The molecular formula is C10H8BrNO2. The Morgan fingerprint density at radius 3 is 2.93 bits per heavy atom. The van der Waals surface area contributed by atoms with E-state index >= 15 is 0 Å². The molecule has 72 valence electrons. The van der Waals surface area contributed by atoms with E-state index in [2.05, 4.69) is 20.7 Å². The molecule has 0 fully saturated rings. The van der Waals surface area contributed by atoms with Crippen LogP contribution in [0.5, 0.6) is 0 Å². The minimum atomic E-state index is -0.399. The fourth-order valence-electron chi connectivity index (χ4n) is 1.02. The maximum Gasteiger partial charge on any atom is 0.337 e. The van der Waals surface area contributed by atoms with E-state index in [0.29, 0.717) is 5.56 Å². The number of rotatable bonds is 2. The number of nitrogens with zero attached hydrogens (tertiary/aromatic N) is 1. The fraction of sp³-hybridized carbons (Fsp3) is 0.200.